The summed E-state index contributed by atoms with van der Waals surface area (Å²) in [6, 6.07) is 0. The fourth-order valence-corrected chi connectivity index (χ4v) is 2.50. The lowest BCUT2D eigenvalue weighted by Gasteiger charge is -2.32. The molecule has 17 heavy (non-hydrogen) atoms. The minimum atomic E-state index is -0.945. The molecule has 1 saturated heterocycles. The SMILES string of the molecule is CN1CCN(c2nc(/C=C/C(=O)O)cs2)CC1. The van der Waals surface area contributed by atoms with E-state index in [9.17, 15) is 4.79 Å². The zero-order chi connectivity index (χ0) is 12.3. The van der Waals surface area contributed by atoms with Crippen molar-refractivity contribution in [1.82, 2.24) is 9.88 Å². The number of aromatic nitrogens is 1. The van der Waals surface area contributed by atoms with Crippen LogP contribution in [-0.4, -0.2) is 54.2 Å². The van der Waals surface area contributed by atoms with Crippen LogP contribution in [0.3, 0.4) is 0 Å². The quantitative estimate of drug-likeness (QED) is 0.814. The molecular weight excluding hydrogens is 238 g/mol. The summed E-state index contributed by atoms with van der Waals surface area (Å²) in [6.07, 6.45) is 2.64. The molecule has 92 valence electrons. The van der Waals surface area contributed by atoms with E-state index in [0.29, 0.717) is 5.69 Å². The van der Waals surface area contributed by atoms with Crippen molar-refractivity contribution in [2.24, 2.45) is 0 Å². The second-order valence-electron chi connectivity index (χ2n) is 4.02. The summed E-state index contributed by atoms with van der Waals surface area (Å²) in [5.41, 5.74) is 0.714. The van der Waals surface area contributed by atoms with Gasteiger partial charge in [-0.15, -0.1) is 11.3 Å². The van der Waals surface area contributed by atoms with Crippen molar-refractivity contribution in [2.75, 3.05) is 38.1 Å². The van der Waals surface area contributed by atoms with Crippen LogP contribution in [0.25, 0.3) is 6.08 Å². The molecule has 1 aliphatic heterocycles. The highest BCUT2D eigenvalue weighted by Crippen LogP contribution is 2.22. The predicted octanol–water partition coefficient (Wildman–Crippen LogP) is 0.993. The fourth-order valence-electron chi connectivity index (χ4n) is 1.65. The molecule has 2 heterocycles. The molecule has 1 aromatic heterocycles. The summed E-state index contributed by atoms with van der Waals surface area (Å²) in [5, 5.41) is 11.4. The lowest BCUT2D eigenvalue weighted by molar-refractivity contribution is -0.131. The molecule has 0 aliphatic carbocycles. The van der Waals surface area contributed by atoms with Crippen molar-refractivity contribution >= 4 is 28.5 Å². The molecule has 6 heteroatoms. The van der Waals surface area contributed by atoms with Crippen molar-refractivity contribution in [2.45, 2.75) is 0 Å². The molecular formula is C11H15N3O2S. The van der Waals surface area contributed by atoms with Gasteiger partial charge in [-0.2, -0.15) is 0 Å². The van der Waals surface area contributed by atoms with Crippen molar-refractivity contribution in [1.29, 1.82) is 0 Å². The maximum atomic E-state index is 10.4. The number of piperazine rings is 1. The van der Waals surface area contributed by atoms with E-state index in [1.807, 2.05) is 5.38 Å². The molecule has 0 spiro atoms. The van der Waals surface area contributed by atoms with E-state index in [0.717, 1.165) is 37.4 Å². The molecule has 0 amide bonds. The van der Waals surface area contributed by atoms with E-state index < -0.39 is 5.97 Å². The number of aliphatic carboxylic acids is 1. The topological polar surface area (TPSA) is 56.7 Å². The van der Waals surface area contributed by atoms with Gasteiger partial charge in [0.05, 0.1) is 5.69 Å². The average molecular weight is 253 g/mol. The number of nitrogens with zero attached hydrogens (tertiary/aromatic N) is 3. The Morgan fingerprint density at radius 3 is 2.82 bits per heavy atom. The Kier molecular flexibility index (Phi) is 3.75. The van der Waals surface area contributed by atoms with Gasteiger partial charge in [0.2, 0.25) is 0 Å². The summed E-state index contributed by atoms with van der Waals surface area (Å²) in [6.45, 7) is 4.04. The van der Waals surface area contributed by atoms with Gasteiger partial charge in [-0.1, -0.05) is 0 Å². The molecule has 0 radical (unpaired) electrons. The number of likely N-dealkylation sites (N-methyl/N-ethyl adjacent to an activating group) is 1. The van der Waals surface area contributed by atoms with Gasteiger partial charge in [-0.3, -0.25) is 0 Å². The summed E-state index contributed by atoms with van der Waals surface area (Å²) in [5.74, 6) is -0.945. The van der Waals surface area contributed by atoms with Crippen LogP contribution in [0, 0.1) is 0 Å². The average Bonchev–Trinajstić information content (AvgIpc) is 2.76. The first-order valence-corrected chi connectivity index (χ1v) is 6.33. The van der Waals surface area contributed by atoms with Crippen LogP contribution in [0.15, 0.2) is 11.5 Å². The van der Waals surface area contributed by atoms with Crippen LogP contribution in [0.2, 0.25) is 0 Å². The van der Waals surface area contributed by atoms with Gasteiger partial charge in [-0.25, -0.2) is 9.78 Å². The van der Waals surface area contributed by atoms with Crippen LogP contribution < -0.4 is 4.90 Å². The Labute approximate surface area is 104 Å². The second-order valence-corrected chi connectivity index (χ2v) is 4.85. The highest BCUT2D eigenvalue weighted by molar-refractivity contribution is 7.13. The van der Waals surface area contributed by atoms with Crippen molar-refractivity contribution in [3.05, 3.63) is 17.2 Å². The number of anilines is 1. The van der Waals surface area contributed by atoms with E-state index in [2.05, 4.69) is 21.8 Å². The zero-order valence-corrected chi connectivity index (χ0v) is 10.5. The van der Waals surface area contributed by atoms with Crippen LogP contribution in [0.5, 0.6) is 0 Å². The minimum Gasteiger partial charge on any atom is -0.478 e. The molecule has 1 aromatic rings. The summed E-state index contributed by atoms with van der Waals surface area (Å²) in [4.78, 5) is 19.3. The van der Waals surface area contributed by atoms with Crippen LogP contribution in [0.4, 0.5) is 5.13 Å². The largest absolute Gasteiger partial charge is 0.478 e. The van der Waals surface area contributed by atoms with Crippen molar-refractivity contribution in [3.8, 4) is 0 Å². The Balaban J connectivity index is 2.00. The van der Waals surface area contributed by atoms with Gasteiger partial charge in [0.25, 0.3) is 0 Å². The number of thiazole rings is 1. The molecule has 0 unspecified atom stereocenters. The molecule has 1 N–H and O–H groups in total. The molecule has 0 bridgehead atoms. The van der Waals surface area contributed by atoms with Crippen molar-refractivity contribution < 1.29 is 9.90 Å². The number of hydrogen-bond donors (Lipinski definition) is 1. The maximum Gasteiger partial charge on any atom is 0.328 e. The van der Waals surface area contributed by atoms with E-state index >= 15 is 0 Å². The predicted molar refractivity (Wildman–Crippen MR) is 68.5 cm³/mol. The van der Waals surface area contributed by atoms with Gasteiger partial charge < -0.3 is 14.9 Å². The molecule has 1 aliphatic rings. The smallest absolute Gasteiger partial charge is 0.328 e. The first-order valence-electron chi connectivity index (χ1n) is 5.45. The Bertz CT molecular complexity index is 422. The van der Waals surface area contributed by atoms with Crippen LogP contribution in [-0.2, 0) is 4.79 Å². The van der Waals surface area contributed by atoms with Gasteiger partial charge in [-0.05, 0) is 13.1 Å². The van der Waals surface area contributed by atoms with E-state index in [1.165, 1.54) is 6.08 Å². The summed E-state index contributed by atoms with van der Waals surface area (Å²) in [7, 11) is 2.11. The summed E-state index contributed by atoms with van der Waals surface area (Å²) >= 11 is 1.56. The Morgan fingerprint density at radius 1 is 1.47 bits per heavy atom. The van der Waals surface area contributed by atoms with Gasteiger partial charge in [0.15, 0.2) is 5.13 Å². The number of rotatable bonds is 3. The molecule has 1 fully saturated rings. The van der Waals surface area contributed by atoms with Gasteiger partial charge in [0.1, 0.15) is 0 Å². The maximum absolute atomic E-state index is 10.4. The second kappa shape index (κ2) is 5.29. The molecule has 0 aromatic carbocycles. The number of carboxylic acids is 1. The van der Waals surface area contributed by atoms with Crippen LogP contribution >= 0.6 is 11.3 Å². The number of carboxylic acid groups (broad SMARTS) is 1. The van der Waals surface area contributed by atoms with Crippen LogP contribution in [0.1, 0.15) is 5.69 Å². The normalized spacial score (nSPS) is 17.8. The standard InChI is InChI=1S/C11H15N3O2S/c1-13-4-6-14(7-5-13)11-12-9(8-17-11)2-3-10(15)16/h2-3,8H,4-7H2,1H3,(H,15,16)/b3-2+. The molecule has 2 rings (SSSR count). The molecule has 0 saturated carbocycles. The highest BCUT2D eigenvalue weighted by Gasteiger charge is 2.16. The number of carbonyl (C=O) groups is 1. The summed E-state index contributed by atoms with van der Waals surface area (Å²) < 4.78 is 0. The van der Waals surface area contributed by atoms with E-state index in [-0.39, 0.29) is 0 Å². The van der Waals surface area contributed by atoms with Gasteiger partial charge in [0, 0.05) is 37.6 Å². The Hall–Kier alpha value is -1.40. The third-order valence-corrected chi connectivity index (χ3v) is 3.60. The third-order valence-electron chi connectivity index (χ3n) is 2.68. The van der Waals surface area contributed by atoms with E-state index in [4.69, 9.17) is 5.11 Å². The first-order chi connectivity index (χ1) is 8.15. The highest BCUT2D eigenvalue weighted by atomic mass is 32.1. The fraction of sp³-hybridized carbons (Fsp3) is 0.455. The monoisotopic (exact) mass is 253 g/mol. The van der Waals surface area contributed by atoms with E-state index in [1.54, 1.807) is 11.3 Å². The first kappa shape index (κ1) is 12.1. The Morgan fingerprint density at radius 2 is 2.18 bits per heavy atom. The zero-order valence-electron chi connectivity index (χ0n) is 9.67. The van der Waals surface area contributed by atoms with Gasteiger partial charge >= 0.3 is 5.97 Å². The number of hydrogen-bond acceptors (Lipinski definition) is 5. The third kappa shape index (κ3) is 3.28. The molecule has 5 nitrogen and oxygen atoms in total. The van der Waals surface area contributed by atoms with Crippen molar-refractivity contribution in [3.63, 3.8) is 0 Å². The molecule has 0 atom stereocenters. The lowest BCUT2D eigenvalue weighted by atomic mass is 10.3. The minimum absolute atomic E-state index is 0.714. The lowest BCUT2D eigenvalue weighted by Crippen LogP contribution is -2.44.